The van der Waals surface area contributed by atoms with Gasteiger partial charge < -0.3 is 10.7 Å². The molecule has 0 aromatic carbocycles. The van der Waals surface area contributed by atoms with Gasteiger partial charge in [-0.25, -0.2) is 15.8 Å². The molecule has 0 saturated carbocycles. The van der Waals surface area contributed by atoms with E-state index in [0.717, 1.165) is 23.2 Å². The molecule has 1 atom stereocenters. The molecule has 0 spiro atoms. The van der Waals surface area contributed by atoms with Crippen LogP contribution in [-0.2, 0) is 11.3 Å². The van der Waals surface area contributed by atoms with E-state index < -0.39 is 0 Å². The normalized spacial score (nSPS) is 19.7. The molecule has 1 fully saturated rings. The SMILES string of the molecule is CCC1C(=O)NCCN1Cc1nc(NN)c2ccsc2n1. The van der Waals surface area contributed by atoms with Crippen LogP contribution in [0.3, 0.4) is 0 Å². The van der Waals surface area contributed by atoms with Gasteiger partial charge in [0.05, 0.1) is 18.0 Å². The van der Waals surface area contributed by atoms with E-state index in [0.29, 0.717) is 24.7 Å². The van der Waals surface area contributed by atoms with E-state index in [9.17, 15) is 4.79 Å². The summed E-state index contributed by atoms with van der Waals surface area (Å²) in [6, 6.07) is 1.83. The van der Waals surface area contributed by atoms with Crippen LogP contribution in [0.5, 0.6) is 0 Å². The second-order valence-electron chi connectivity index (χ2n) is 4.96. The Bertz CT molecular complexity index is 657. The number of nitrogens with one attached hydrogen (secondary N) is 2. The van der Waals surface area contributed by atoms with Crippen molar-refractivity contribution in [3.8, 4) is 0 Å². The van der Waals surface area contributed by atoms with Crippen molar-refractivity contribution < 1.29 is 4.79 Å². The predicted molar refractivity (Wildman–Crippen MR) is 82.7 cm³/mol. The minimum atomic E-state index is -0.115. The Morgan fingerprint density at radius 1 is 1.57 bits per heavy atom. The molecule has 1 unspecified atom stereocenters. The average Bonchev–Trinajstić information content (AvgIpc) is 2.95. The zero-order chi connectivity index (χ0) is 14.8. The van der Waals surface area contributed by atoms with Crippen molar-refractivity contribution in [3.63, 3.8) is 0 Å². The van der Waals surface area contributed by atoms with Gasteiger partial charge in [0.2, 0.25) is 5.91 Å². The van der Waals surface area contributed by atoms with Gasteiger partial charge in [0, 0.05) is 13.1 Å². The molecular formula is C13H18N6OS. The second kappa shape index (κ2) is 5.92. The molecule has 7 nitrogen and oxygen atoms in total. The molecule has 1 saturated heterocycles. The summed E-state index contributed by atoms with van der Waals surface area (Å²) in [7, 11) is 0. The molecule has 4 N–H and O–H groups in total. The van der Waals surface area contributed by atoms with Crippen LogP contribution in [0.25, 0.3) is 10.2 Å². The molecular weight excluding hydrogens is 288 g/mol. The smallest absolute Gasteiger partial charge is 0.237 e. The van der Waals surface area contributed by atoms with Crippen molar-refractivity contribution in [1.82, 2.24) is 20.2 Å². The molecule has 3 rings (SSSR count). The second-order valence-corrected chi connectivity index (χ2v) is 5.85. The number of hydrogen-bond donors (Lipinski definition) is 3. The van der Waals surface area contributed by atoms with Crippen molar-refractivity contribution >= 4 is 33.3 Å². The van der Waals surface area contributed by atoms with E-state index in [4.69, 9.17) is 5.84 Å². The lowest BCUT2D eigenvalue weighted by atomic mass is 10.1. The fourth-order valence-corrected chi connectivity index (χ4v) is 3.44. The van der Waals surface area contributed by atoms with Crippen LogP contribution in [0.2, 0.25) is 0 Å². The van der Waals surface area contributed by atoms with Crippen LogP contribution < -0.4 is 16.6 Å². The first-order chi connectivity index (χ1) is 10.2. The minimum absolute atomic E-state index is 0.0816. The van der Waals surface area contributed by atoms with Gasteiger partial charge in [-0.3, -0.25) is 9.69 Å². The number of amides is 1. The maximum Gasteiger partial charge on any atom is 0.237 e. The van der Waals surface area contributed by atoms with Crippen LogP contribution in [0.15, 0.2) is 11.4 Å². The van der Waals surface area contributed by atoms with Crippen molar-refractivity contribution in [2.75, 3.05) is 18.5 Å². The van der Waals surface area contributed by atoms with Crippen molar-refractivity contribution in [2.24, 2.45) is 5.84 Å². The van der Waals surface area contributed by atoms with Gasteiger partial charge in [0.1, 0.15) is 10.7 Å². The van der Waals surface area contributed by atoms with Gasteiger partial charge in [-0.05, 0) is 17.9 Å². The number of hydrogen-bond acceptors (Lipinski definition) is 7. The maximum atomic E-state index is 11.9. The fraction of sp³-hybridized carbons (Fsp3) is 0.462. The van der Waals surface area contributed by atoms with Gasteiger partial charge >= 0.3 is 0 Å². The summed E-state index contributed by atoms with van der Waals surface area (Å²) in [4.78, 5) is 24.0. The molecule has 2 aromatic heterocycles. The maximum absolute atomic E-state index is 11.9. The molecule has 0 aliphatic carbocycles. The number of nitrogen functional groups attached to an aromatic ring is 1. The molecule has 3 heterocycles. The molecule has 2 aromatic rings. The summed E-state index contributed by atoms with van der Waals surface area (Å²) in [6.45, 7) is 4.03. The lowest BCUT2D eigenvalue weighted by Gasteiger charge is -2.33. The van der Waals surface area contributed by atoms with E-state index in [1.54, 1.807) is 11.3 Å². The lowest BCUT2D eigenvalue weighted by molar-refractivity contribution is -0.129. The number of nitrogens with zero attached hydrogens (tertiary/aromatic N) is 3. The first-order valence-corrected chi connectivity index (χ1v) is 7.83. The molecule has 1 aliphatic rings. The van der Waals surface area contributed by atoms with Gasteiger partial charge in [0.25, 0.3) is 0 Å². The van der Waals surface area contributed by atoms with Crippen molar-refractivity contribution in [3.05, 3.63) is 17.3 Å². The quantitative estimate of drug-likeness (QED) is 0.568. The van der Waals surface area contributed by atoms with Gasteiger partial charge in [-0.1, -0.05) is 6.92 Å². The topological polar surface area (TPSA) is 96.2 Å². The highest BCUT2D eigenvalue weighted by Gasteiger charge is 2.28. The molecule has 0 radical (unpaired) electrons. The fourth-order valence-electron chi connectivity index (χ4n) is 2.66. The first-order valence-electron chi connectivity index (χ1n) is 6.95. The highest BCUT2D eigenvalue weighted by Crippen LogP contribution is 2.25. The van der Waals surface area contributed by atoms with Crippen molar-refractivity contribution in [2.45, 2.75) is 25.9 Å². The Hall–Kier alpha value is -1.77. The predicted octanol–water partition coefficient (Wildman–Crippen LogP) is 0.687. The molecule has 21 heavy (non-hydrogen) atoms. The average molecular weight is 306 g/mol. The van der Waals surface area contributed by atoms with Crippen LogP contribution in [-0.4, -0.2) is 39.9 Å². The van der Waals surface area contributed by atoms with Crippen LogP contribution in [0.4, 0.5) is 5.82 Å². The standard InChI is InChI=1S/C13H18N6OS/c1-2-9-12(20)15-4-5-19(9)7-10-16-11(18-14)8-3-6-21-13(8)17-10/h3,6,9H,2,4-5,7,14H2,1H3,(H,15,20)(H,16,17,18). The number of carbonyl (C=O) groups excluding carboxylic acids is 1. The first kappa shape index (κ1) is 14.2. The van der Waals surface area contributed by atoms with Crippen LogP contribution >= 0.6 is 11.3 Å². The minimum Gasteiger partial charge on any atom is -0.353 e. The molecule has 1 amide bonds. The number of piperazine rings is 1. The van der Waals surface area contributed by atoms with E-state index in [-0.39, 0.29) is 11.9 Å². The summed E-state index contributed by atoms with van der Waals surface area (Å²) in [5, 5.41) is 5.79. The third-order valence-electron chi connectivity index (χ3n) is 3.68. The molecule has 8 heteroatoms. The summed E-state index contributed by atoms with van der Waals surface area (Å²) in [5.41, 5.74) is 2.63. The van der Waals surface area contributed by atoms with E-state index in [2.05, 4.69) is 25.6 Å². The summed E-state index contributed by atoms with van der Waals surface area (Å²) in [5.74, 6) is 6.94. The number of anilines is 1. The van der Waals surface area contributed by atoms with Gasteiger partial charge in [0.15, 0.2) is 5.82 Å². The third-order valence-corrected chi connectivity index (χ3v) is 4.49. The van der Waals surface area contributed by atoms with Crippen LogP contribution in [0.1, 0.15) is 19.2 Å². The Balaban J connectivity index is 1.88. The summed E-state index contributed by atoms with van der Waals surface area (Å²) >= 11 is 1.56. The Morgan fingerprint density at radius 3 is 3.19 bits per heavy atom. The molecule has 1 aliphatic heterocycles. The van der Waals surface area contributed by atoms with E-state index in [1.165, 1.54) is 0 Å². The Morgan fingerprint density at radius 2 is 2.43 bits per heavy atom. The van der Waals surface area contributed by atoms with Crippen molar-refractivity contribution in [1.29, 1.82) is 0 Å². The molecule has 0 bridgehead atoms. The number of nitrogens with two attached hydrogens (primary N) is 1. The van der Waals surface area contributed by atoms with Gasteiger partial charge in [-0.15, -0.1) is 11.3 Å². The largest absolute Gasteiger partial charge is 0.353 e. The third kappa shape index (κ3) is 2.69. The Kier molecular flexibility index (Phi) is 4.00. The number of rotatable bonds is 4. The zero-order valence-corrected chi connectivity index (χ0v) is 12.6. The summed E-state index contributed by atoms with van der Waals surface area (Å²) in [6.07, 6.45) is 0.773. The van der Waals surface area contributed by atoms with E-state index >= 15 is 0 Å². The van der Waals surface area contributed by atoms with E-state index in [1.807, 2.05) is 18.4 Å². The number of aromatic nitrogens is 2. The number of fused-ring (bicyclic) bond motifs is 1. The zero-order valence-electron chi connectivity index (χ0n) is 11.8. The highest BCUT2D eigenvalue weighted by molar-refractivity contribution is 7.16. The number of carbonyl (C=O) groups is 1. The number of hydrazine groups is 1. The summed E-state index contributed by atoms with van der Waals surface area (Å²) < 4.78 is 0. The van der Waals surface area contributed by atoms with Crippen LogP contribution in [0, 0.1) is 0 Å². The number of thiophene rings is 1. The lowest BCUT2D eigenvalue weighted by Crippen LogP contribution is -2.54. The monoisotopic (exact) mass is 306 g/mol. The molecule has 112 valence electrons. The highest BCUT2D eigenvalue weighted by atomic mass is 32.1. The van der Waals surface area contributed by atoms with Gasteiger partial charge in [-0.2, -0.15) is 0 Å². The Labute approximate surface area is 126 Å².